The molecule has 0 fully saturated rings. The molecule has 0 atom stereocenters. The highest BCUT2D eigenvalue weighted by atomic mass is 16.5. The Bertz CT molecular complexity index is 764. The van der Waals surface area contributed by atoms with Gasteiger partial charge in [0.2, 0.25) is 0 Å². The molecule has 0 aliphatic rings. The second-order valence-corrected chi connectivity index (χ2v) is 5.50. The zero-order valence-electron chi connectivity index (χ0n) is 14.2. The van der Waals surface area contributed by atoms with E-state index in [2.05, 4.69) is 4.74 Å². The molecule has 5 nitrogen and oxygen atoms in total. The highest BCUT2D eigenvalue weighted by Crippen LogP contribution is 2.28. The van der Waals surface area contributed by atoms with E-state index in [1.807, 2.05) is 32.0 Å². The topological polar surface area (TPSA) is 61.8 Å². The highest BCUT2D eigenvalue weighted by molar-refractivity contribution is 5.92. The second-order valence-electron chi connectivity index (χ2n) is 5.50. The molecular formula is C19H20O5. The molecular weight excluding hydrogens is 308 g/mol. The Balaban J connectivity index is 2.07. The van der Waals surface area contributed by atoms with Crippen molar-refractivity contribution in [2.24, 2.45) is 0 Å². The van der Waals surface area contributed by atoms with Gasteiger partial charge in [0, 0.05) is 0 Å². The van der Waals surface area contributed by atoms with Crippen LogP contribution in [0.3, 0.4) is 0 Å². The lowest BCUT2D eigenvalue weighted by atomic mass is 10.1. The number of benzene rings is 2. The molecule has 0 aliphatic heterocycles. The fraction of sp³-hybridized carbons (Fsp3) is 0.263. The average Bonchev–Trinajstić information content (AvgIpc) is 2.53. The van der Waals surface area contributed by atoms with Gasteiger partial charge in [-0.05, 0) is 67.8 Å². The molecule has 0 amide bonds. The van der Waals surface area contributed by atoms with Gasteiger partial charge in [-0.1, -0.05) is 6.07 Å². The fourth-order valence-electron chi connectivity index (χ4n) is 2.06. The van der Waals surface area contributed by atoms with Crippen LogP contribution in [0.25, 0.3) is 0 Å². The third-order valence-corrected chi connectivity index (χ3v) is 3.60. The number of carbonyl (C=O) groups is 2. The Kier molecular flexibility index (Phi) is 5.58. The molecule has 2 rings (SSSR count). The first kappa shape index (κ1) is 17.5. The minimum Gasteiger partial charge on any atom is -0.469 e. The normalized spacial score (nSPS) is 10.2. The molecule has 0 heterocycles. The maximum atomic E-state index is 11.6. The minimum absolute atomic E-state index is 0.385. The summed E-state index contributed by atoms with van der Waals surface area (Å²) >= 11 is 0. The summed E-state index contributed by atoms with van der Waals surface area (Å²) in [6.45, 7) is 5.87. The molecule has 0 radical (unpaired) electrons. The van der Waals surface area contributed by atoms with Gasteiger partial charge in [0.05, 0.1) is 7.11 Å². The third-order valence-electron chi connectivity index (χ3n) is 3.60. The lowest BCUT2D eigenvalue weighted by molar-refractivity contribution is -0.148. The number of rotatable bonds is 5. The lowest BCUT2D eigenvalue weighted by Crippen LogP contribution is -2.15. The number of esters is 2. The maximum Gasteiger partial charge on any atom is 0.322 e. The molecule has 2 aromatic carbocycles. The van der Waals surface area contributed by atoms with Crippen LogP contribution in [0.2, 0.25) is 0 Å². The van der Waals surface area contributed by atoms with Gasteiger partial charge in [0.25, 0.3) is 0 Å². The largest absolute Gasteiger partial charge is 0.469 e. The van der Waals surface area contributed by atoms with Crippen molar-refractivity contribution in [1.82, 2.24) is 0 Å². The fourth-order valence-corrected chi connectivity index (χ4v) is 2.06. The van der Waals surface area contributed by atoms with E-state index in [1.165, 1.54) is 12.7 Å². The molecule has 0 N–H and O–H groups in total. The van der Waals surface area contributed by atoms with Gasteiger partial charge in [-0.3, -0.25) is 9.59 Å². The molecule has 5 heteroatoms. The predicted octanol–water partition coefficient (Wildman–Crippen LogP) is 3.87. The summed E-state index contributed by atoms with van der Waals surface area (Å²) in [7, 11) is 1.22. The standard InChI is InChI=1S/C19H20O5/c1-12-5-6-15(9-13(12)2)23-16-7-8-17(14(3)10-16)24-19(21)11-18(20)22-4/h5-10H,11H2,1-4H3. The number of methoxy groups -OCH3 is 1. The zero-order chi connectivity index (χ0) is 17.7. The SMILES string of the molecule is COC(=O)CC(=O)Oc1ccc(Oc2ccc(C)c(C)c2)cc1C. The van der Waals surface area contributed by atoms with Crippen LogP contribution in [-0.4, -0.2) is 19.0 Å². The van der Waals surface area contributed by atoms with Crippen LogP contribution in [0.4, 0.5) is 0 Å². The number of ether oxygens (including phenoxy) is 3. The summed E-state index contributed by atoms with van der Waals surface area (Å²) in [6, 6.07) is 11.0. The van der Waals surface area contributed by atoms with E-state index in [9.17, 15) is 9.59 Å². The van der Waals surface area contributed by atoms with Crippen LogP contribution in [0.5, 0.6) is 17.2 Å². The van der Waals surface area contributed by atoms with Crippen molar-refractivity contribution in [2.45, 2.75) is 27.2 Å². The number of aryl methyl sites for hydroxylation is 3. The maximum absolute atomic E-state index is 11.6. The second kappa shape index (κ2) is 7.64. The van der Waals surface area contributed by atoms with E-state index in [1.54, 1.807) is 25.1 Å². The molecule has 0 aliphatic carbocycles. The molecule has 24 heavy (non-hydrogen) atoms. The van der Waals surface area contributed by atoms with Gasteiger partial charge < -0.3 is 14.2 Å². The van der Waals surface area contributed by atoms with Crippen molar-refractivity contribution < 1.29 is 23.8 Å². The van der Waals surface area contributed by atoms with Crippen molar-refractivity contribution in [3.05, 3.63) is 53.1 Å². The van der Waals surface area contributed by atoms with Crippen molar-refractivity contribution >= 4 is 11.9 Å². The minimum atomic E-state index is -0.659. The van der Waals surface area contributed by atoms with Crippen LogP contribution in [0.15, 0.2) is 36.4 Å². The Morgan fingerprint density at radius 1 is 0.833 bits per heavy atom. The quantitative estimate of drug-likeness (QED) is 0.473. The average molecular weight is 328 g/mol. The van der Waals surface area contributed by atoms with Gasteiger partial charge in [0.15, 0.2) is 0 Å². The van der Waals surface area contributed by atoms with Crippen LogP contribution in [0.1, 0.15) is 23.1 Å². The van der Waals surface area contributed by atoms with E-state index in [0.717, 1.165) is 16.9 Å². The van der Waals surface area contributed by atoms with Crippen LogP contribution in [-0.2, 0) is 14.3 Å². The molecule has 0 unspecified atom stereocenters. The molecule has 2 aromatic rings. The van der Waals surface area contributed by atoms with Gasteiger partial charge >= 0.3 is 11.9 Å². The van der Waals surface area contributed by atoms with Gasteiger partial charge in [0.1, 0.15) is 23.7 Å². The van der Waals surface area contributed by atoms with E-state index in [-0.39, 0.29) is 0 Å². The smallest absolute Gasteiger partial charge is 0.322 e. The van der Waals surface area contributed by atoms with E-state index >= 15 is 0 Å². The van der Waals surface area contributed by atoms with E-state index in [4.69, 9.17) is 9.47 Å². The summed E-state index contributed by atoms with van der Waals surface area (Å²) in [5, 5.41) is 0. The van der Waals surface area contributed by atoms with E-state index < -0.39 is 18.4 Å². The molecule has 0 aromatic heterocycles. The predicted molar refractivity (Wildman–Crippen MR) is 89.4 cm³/mol. The zero-order valence-corrected chi connectivity index (χ0v) is 14.2. The summed E-state index contributed by atoms with van der Waals surface area (Å²) in [5.41, 5.74) is 3.08. The van der Waals surface area contributed by atoms with Crippen LogP contribution < -0.4 is 9.47 Å². The molecule has 126 valence electrons. The van der Waals surface area contributed by atoms with Crippen LogP contribution >= 0.6 is 0 Å². The molecule has 0 saturated carbocycles. The monoisotopic (exact) mass is 328 g/mol. The highest BCUT2D eigenvalue weighted by Gasteiger charge is 2.13. The van der Waals surface area contributed by atoms with Crippen molar-refractivity contribution in [1.29, 1.82) is 0 Å². The molecule has 0 spiro atoms. The lowest BCUT2D eigenvalue weighted by Gasteiger charge is -2.11. The number of hydrogen-bond acceptors (Lipinski definition) is 5. The van der Waals surface area contributed by atoms with Crippen molar-refractivity contribution in [3.8, 4) is 17.2 Å². The van der Waals surface area contributed by atoms with Crippen molar-refractivity contribution in [2.75, 3.05) is 7.11 Å². The first-order chi connectivity index (χ1) is 11.4. The Hall–Kier alpha value is -2.82. The number of hydrogen-bond donors (Lipinski definition) is 0. The Morgan fingerprint density at radius 3 is 2.04 bits per heavy atom. The molecule has 0 bridgehead atoms. The molecule has 0 saturated heterocycles. The van der Waals surface area contributed by atoms with Gasteiger partial charge in [-0.25, -0.2) is 0 Å². The first-order valence-corrected chi connectivity index (χ1v) is 7.52. The Labute approximate surface area is 141 Å². The summed E-state index contributed by atoms with van der Waals surface area (Å²) in [5.74, 6) is 0.480. The Morgan fingerprint density at radius 2 is 1.46 bits per heavy atom. The van der Waals surface area contributed by atoms with Gasteiger partial charge in [-0.15, -0.1) is 0 Å². The number of carbonyl (C=O) groups excluding carboxylic acids is 2. The summed E-state index contributed by atoms with van der Waals surface area (Å²) < 4.78 is 15.4. The summed E-state index contributed by atoms with van der Waals surface area (Å²) in [6.07, 6.45) is -0.420. The van der Waals surface area contributed by atoms with Gasteiger partial charge in [-0.2, -0.15) is 0 Å². The third kappa shape index (κ3) is 4.59. The summed E-state index contributed by atoms with van der Waals surface area (Å²) in [4.78, 5) is 22.7. The van der Waals surface area contributed by atoms with Crippen LogP contribution in [0, 0.1) is 20.8 Å². The first-order valence-electron chi connectivity index (χ1n) is 7.52. The van der Waals surface area contributed by atoms with Crippen molar-refractivity contribution in [3.63, 3.8) is 0 Å². The van der Waals surface area contributed by atoms with E-state index in [0.29, 0.717) is 11.5 Å².